The molecule has 0 N–H and O–H groups in total. The third kappa shape index (κ3) is 7.06. The number of benzene rings is 6. The second-order valence-electron chi connectivity index (χ2n) is 28.3. The quantitative estimate of drug-likeness (QED) is 0.163. The van der Waals surface area contributed by atoms with Crippen LogP contribution in [0, 0.1) is 13.8 Å². The Kier molecular flexibility index (Phi) is 10.2. The summed E-state index contributed by atoms with van der Waals surface area (Å²) in [6.07, 6.45) is 7.16. The Morgan fingerprint density at radius 1 is 0.458 bits per heavy atom. The van der Waals surface area contributed by atoms with Crippen LogP contribution in [0.3, 0.4) is 0 Å². The molecule has 1 aromatic heterocycles. The maximum Gasteiger partial charge on any atom is 0.264 e. The van der Waals surface area contributed by atoms with Gasteiger partial charge in [0.05, 0.1) is 5.69 Å². The van der Waals surface area contributed by atoms with Crippen LogP contribution in [0.2, 0.25) is 0 Å². The molecule has 4 heteroatoms. The number of hydrogen-bond donors (Lipinski definition) is 0. The number of fused-ring (bicyclic) bond motifs is 9. The molecule has 0 amide bonds. The van der Waals surface area contributed by atoms with Gasteiger partial charge in [-0.2, -0.15) is 0 Å². The topological polar surface area (TPSA) is 6.48 Å². The average molecular weight is 967 g/mol. The second-order valence-corrected chi connectivity index (χ2v) is 29.4. The zero-order valence-corrected chi connectivity index (χ0v) is 47.7. The van der Waals surface area contributed by atoms with Crippen LogP contribution in [-0.4, -0.2) is 6.71 Å². The highest BCUT2D eigenvalue weighted by Gasteiger charge is 2.49. The lowest BCUT2D eigenvalue weighted by Gasteiger charge is -2.47. The zero-order chi connectivity index (χ0) is 51.2. The van der Waals surface area contributed by atoms with Crippen molar-refractivity contribution in [2.45, 2.75) is 194 Å². The van der Waals surface area contributed by atoms with Crippen molar-refractivity contribution >= 4 is 78.0 Å². The largest absolute Gasteiger partial charge is 0.311 e. The first kappa shape index (κ1) is 47.9. The monoisotopic (exact) mass is 967 g/mol. The maximum atomic E-state index is 2.76. The van der Waals surface area contributed by atoms with Crippen LogP contribution < -0.4 is 25.5 Å². The molecule has 0 saturated carbocycles. The predicted octanol–water partition coefficient (Wildman–Crippen LogP) is 17.6. The van der Waals surface area contributed by atoms with Gasteiger partial charge in [0.2, 0.25) is 0 Å². The second kappa shape index (κ2) is 15.3. The Morgan fingerprint density at radius 2 is 0.958 bits per heavy atom. The lowest BCUT2D eigenvalue weighted by Crippen LogP contribution is -2.61. The first-order valence-corrected chi connectivity index (χ1v) is 28.3. The van der Waals surface area contributed by atoms with Gasteiger partial charge in [-0.05, 0) is 217 Å². The van der Waals surface area contributed by atoms with Gasteiger partial charge in [-0.1, -0.05) is 146 Å². The van der Waals surface area contributed by atoms with E-state index in [1.54, 1.807) is 5.56 Å². The standard InChI is InChI=1S/C68H79BN2S/c1-40-32-56-59-57(33-40)71(54-25-20-43(34-41(54)2)42-18-21-44(22-19-42)62(3,4)5)55-38-51-50(66(12,13)29-30-67(51,14)15)37-53(55)69(59)61-60(46-36-49-52(39-58(46)72-61)68(16,17)31-28-65(49,10)11)70(56)45-23-24-47-48(35-45)64(8,9)27-26-63(47,6)7/h18-25,32-39H,26-31H2,1-17H3. The third-order valence-corrected chi connectivity index (χ3v) is 20.6. The highest BCUT2D eigenvalue weighted by Crippen LogP contribution is 2.56. The molecular weight excluding hydrogens is 888 g/mol. The fraction of sp³-hybridized carbons (Fsp3) is 0.441. The minimum atomic E-state index is 0.0569. The summed E-state index contributed by atoms with van der Waals surface area (Å²) < 4.78 is 2.91. The van der Waals surface area contributed by atoms with Crippen LogP contribution in [0.4, 0.5) is 34.1 Å². The molecule has 0 saturated heterocycles. The molecule has 3 aliphatic carbocycles. The van der Waals surface area contributed by atoms with Crippen molar-refractivity contribution in [3.05, 3.63) is 147 Å². The Balaban J connectivity index is 1.17. The molecule has 72 heavy (non-hydrogen) atoms. The zero-order valence-electron chi connectivity index (χ0n) is 46.9. The van der Waals surface area contributed by atoms with Crippen molar-refractivity contribution in [3.8, 4) is 11.1 Å². The number of hydrogen-bond acceptors (Lipinski definition) is 3. The fourth-order valence-corrected chi connectivity index (χ4v) is 15.6. The number of aryl methyl sites for hydroxylation is 2. The van der Waals surface area contributed by atoms with Gasteiger partial charge in [-0.3, -0.25) is 0 Å². The van der Waals surface area contributed by atoms with E-state index in [1.807, 2.05) is 0 Å². The lowest BCUT2D eigenvalue weighted by molar-refractivity contribution is 0.332. The van der Waals surface area contributed by atoms with Crippen LogP contribution in [0.15, 0.2) is 97.1 Å². The van der Waals surface area contributed by atoms with Crippen molar-refractivity contribution < 1.29 is 0 Å². The molecule has 2 aliphatic heterocycles. The normalized spacial score (nSPS) is 20.3. The van der Waals surface area contributed by atoms with Crippen LogP contribution in [-0.2, 0) is 37.9 Å². The highest BCUT2D eigenvalue weighted by atomic mass is 32.1. The molecule has 0 bridgehead atoms. The van der Waals surface area contributed by atoms with E-state index in [0.29, 0.717) is 0 Å². The number of nitrogens with zero attached hydrogens (tertiary/aromatic N) is 2. The number of thiophene rings is 1. The van der Waals surface area contributed by atoms with E-state index in [9.17, 15) is 0 Å². The summed E-state index contributed by atoms with van der Waals surface area (Å²) in [6, 6.07) is 40.0. The molecule has 0 atom stereocenters. The third-order valence-electron chi connectivity index (χ3n) is 19.4. The molecule has 0 unspecified atom stereocenters. The van der Waals surface area contributed by atoms with Gasteiger partial charge in [0.15, 0.2) is 0 Å². The molecule has 6 aromatic carbocycles. The van der Waals surface area contributed by atoms with E-state index in [4.69, 9.17) is 0 Å². The van der Waals surface area contributed by atoms with Gasteiger partial charge in [0.25, 0.3) is 6.71 Å². The predicted molar refractivity (Wildman–Crippen MR) is 315 cm³/mol. The van der Waals surface area contributed by atoms with Crippen molar-refractivity contribution in [2.75, 3.05) is 9.80 Å². The van der Waals surface area contributed by atoms with Gasteiger partial charge in [-0.25, -0.2) is 0 Å². The molecular formula is C68H79BN2S. The summed E-state index contributed by atoms with van der Waals surface area (Å²) in [6.45, 7) is 41.5. The first-order chi connectivity index (χ1) is 33.6. The van der Waals surface area contributed by atoms with Gasteiger partial charge < -0.3 is 9.80 Å². The summed E-state index contributed by atoms with van der Waals surface area (Å²) >= 11 is 2.09. The maximum absolute atomic E-state index is 2.76. The highest BCUT2D eigenvalue weighted by molar-refractivity contribution is 7.33. The van der Waals surface area contributed by atoms with E-state index in [0.717, 1.165) is 0 Å². The summed E-state index contributed by atoms with van der Waals surface area (Å²) in [5, 5.41) is 1.41. The molecule has 7 aromatic rings. The Morgan fingerprint density at radius 3 is 1.53 bits per heavy atom. The molecule has 0 spiro atoms. The van der Waals surface area contributed by atoms with Crippen molar-refractivity contribution in [2.24, 2.45) is 0 Å². The van der Waals surface area contributed by atoms with E-state index < -0.39 is 0 Å². The van der Waals surface area contributed by atoms with Crippen molar-refractivity contribution in [3.63, 3.8) is 0 Å². The minimum Gasteiger partial charge on any atom is -0.311 e. The van der Waals surface area contributed by atoms with Gasteiger partial charge >= 0.3 is 0 Å². The van der Waals surface area contributed by atoms with Crippen LogP contribution in [0.1, 0.15) is 192 Å². The Hall–Kier alpha value is -5.06. The first-order valence-electron chi connectivity index (χ1n) is 27.5. The SMILES string of the molecule is Cc1cc2c3c(c1)N(c1ccc4c(c1)C(C)(C)CCC4(C)C)c1c(sc4cc5c(cc14)C(C)(C)CCC5(C)C)B3c1cc3c(cc1N2c1ccc(-c2ccc(C(C)(C)C)cc2)cc1C)C(C)(C)CCC3(C)C. The van der Waals surface area contributed by atoms with Crippen molar-refractivity contribution in [1.29, 1.82) is 0 Å². The van der Waals surface area contributed by atoms with E-state index >= 15 is 0 Å². The molecule has 2 nitrogen and oxygen atoms in total. The van der Waals surface area contributed by atoms with Crippen molar-refractivity contribution in [1.82, 2.24) is 0 Å². The summed E-state index contributed by atoms with van der Waals surface area (Å²) in [4.78, 5) is 5.46. The molecule has 5 aliphatic rings. The van der Waals surface area contributed by atoms with E-state index in [-0.39, 0.29) is 44.6 Å². The Bertz CT molecular complexity index is 3440. The van der Waals surface area contributed by atoms with Gasteiger partial charge in [-0.15, -0.1) is 11.3 Å². The van der Waals surface area contributed by atoms with E-state index in [1.165, 1.54) is 154 Å². The molecule has 370 valence electrons. The Labute approximate surface area is 437 Å². The van der Waals surface area contributed by atoms with Gasteiger partial charge in [0, 0.05) is 43.3 Å². The molecule has 3 heterocycles. The molecule has 0 fully saturated rings. The fourth-order valence-electron chi connectivity index (χ4n) is 14.2. The summed E-state index contributed by atoms with van der Waals surface area (Å²) in [5.74, 6) is 0. The van der Waals surface area contributed by atoms with Crippen LogP contribution >= 0.6 is 11.3 Å². The minimum absolute atomic E-state index is 0.0569. The molecule has 12 rings (SSSR count). The summed E-state index contributed by atoms with van der Waals surface area (Å²) in [5.41, 5.74) is 27.1. The average Bonchev–Trinajstić information content (AvgIpc) is 3.68. The van der Waals surface area contributed by atoms with Gasteiger partial charge in [0.1, 0.15) is 0 Å². The smallest absolute Gasteiger partial charge is 0.264 e. The van der Waals surface area contributed by atoms with E-state index in [2.05, 4.69) is 236 Å². The summed E-state index contributed by atoms with van der Waals surface area (Å²) in [7, 11) is 0. The van der Waals surface area contributed by atoms with Crippen LogP contribution in [0.5, 0.6) is 0 Å². The molecule has 0 radical (unpaired) electrons. The lowest BCUT2D eigenvalue weighted by atomic mass is 9.35. The number of anilines is 6. The number of rotatable bonds is 3. The van der Waals surface area contributed by atoms with Crippen LogP contribution in [0.25, 0.3) is 21.2 Å².